The van der Waals surface area contributed by atoms with Crippen LogP contribution in [0.25, 0.3) is 10.9 Å². The highest BCUT2D eigenvalue weighted by Gasteiger charge is 2.20. The van der Waals surface area contributed by atoms with E-state index in [2.05, 4.69) is 9.97 Å². The van der Waals surface area contributed by atoms with Crippen LogP contribution in [0.4, 0.5) is 16.3 Å². The van der Waals surface area contributed by atoms with E-state index in [-0.39, 0.29) is 47.2 Å². The van der Waals surface area contributed by atoms with E-state index < -0.39 is 23.8 Å². The number of esters is 1. The van der Waals surface area contributed by atoms with Gasteiger partial charge in [-0.1, -0.05) is 6.07 Å². The van der Waals surface area contributed by atoms with Gasteiger partial charge >= 0.3 is 12.1 Å². The molecule has 0 unspecified atom stereocenters. The number of nitro groups is 1. The Morgan fingerprint density at radius 2 is 1.75 bits per heavy atom. The molecule has 13 heteroatoms. The monoisotopic (exact) mass is 497 g/mol. The Morgan fingerprint density at radius 1 is 1.03 bits per heavy atom. The van der Waals surface area contributed by atoms with Gasteiger partial charge in [-0.05, 0) is 24.3 Å². The maximum Gasteiger partial charge on any atom is 0.418 e. The van der Waals surface area contributed by atoms with Gasteiger partial charge in [-0.25, -0.2) is 9.78 Å². The third-order valence-corrected chi connectivity index (χ3v) is 5.05. The minimum atomic E-state index is -0.809. The molecule has 0 bridgehead atoms. The van der Waals surface area contributed by atoms with Gasteiger partial charge in [0.15, 0.2) is 0 Å². The largest absolute Gasteiger partial charge is 0.459 e. The Labute approximate surface area is 205 Å². The zero-order valence-corrected chi connectivity index (χ0v) is 19.7. The zero-order valence-electron chi connectivity index (χ0n) is 19.7. The summed E-state index contributed by atoms with van der Waals surface area (Å²) in [6, 6.07) is 9.00. The Morgan fingerprint density at radius 3 is 2.47 bits per heavy atom. The fourth-order valence-corrected chi connectivity index (χ4v) is 3.09. The molecule has 2 heterocycles. The first-order valence-corrected chi connectivity index (χ1v) is 10.6. The lowest BCUT2D eigenvalue weighted by Crippen LogP contribution is -2.32. The number of carbonyl (C=O) groups is 3. The van der Waals surface area contributed by atoms with E-state index in [1.165, 1.54) is 50.4 Å². The van der Waals surface area contributed by atoms with E-state index in [1.54, 1.807) is 24.3 Å². The molecule has 2 aromatic heterocycles. The van der Waals surface area contributed by atoms with Crippen molar-refractivity contribution < 1.29 is 33.5 Å². The lowest BCUT2D eigenvalue weighted by atomic mass is 10.1. The smallest absolute Gasteiger partial charge is 0.418 e. The molecular formula is C23H23N5O8. The lowest BCUT2D eigenvalue weighted by molar-refractivity contribution is -0.383. The molecule has 0 spiro atoms. The zero-order chi connectivity index (χ0) is 26.2. The van der Waals surface area contributed by atoms with Crippen LogP contribution in [0, 0.1) is 10.1 Å². The molecule has 36 heavy (non-hydrogen) atoms. The summed E-state index contributed by atoms with van der Waals surface area (Å²) in [6.07, 6.45) is 2.11. The number of likely N-dealkylation sites (N-methyl/N-ethyl adjacent to an activating group) is 1. The minimum Gasteiger partial charge on any atom is -0.459 e. The Hall–Kier alpha value is -4.81. The van der Waals surface area contributed by atoms with Crippen LogP contribution in [0.15, 0.2) is 48.8 Å². The maximum atomic E-state index is 12.6. The van der Waals surface area contributed by atoms with E-state index in [1.807, 2.05) is 0 Å². The van der Waals surface area contributed by atoms with Crippen LogP contribution in [0.5, 0.6) is 5.75 Å². The second-order valence-electron chi connectivity index (χ2n) is 7.49. The number of anilines is 1. The molecule has 0 fully saturated rings. The average molecular weight is 497 g/mol. The molecular weight excluding hydrogens is 474 g/mol. The van der Waals surface area contributed by atoms with Crippen LogP contribution in [0.2, 0.25) is 0 Å². The van der Waals surface area contributed by atoms with Gasteiger partial charge in [0.25, 0.3) is 5.69 Å². The van der Waals surface area contributed by atoms with Crippen molar-refractivity contribution in [3.8, 4) is 5.75 Å². The summed E-state index contributed by atoms with van der Waals surface area (Å²) in [5.41, 5.74) is 0.557. The number of aromatic nitrogens is 2. The van der Waals surface area contributed by atoms with Crippen molar-refractivity contribution in [2.24, 2.45) is 0 Å². The van der Waals surface area contributed by atoms with E-state index in [4.69, 9.17) is 14.2 Å². The fraction of sp³-hybridized carbons (Fsp3) is 0.261. The molecule has 0 aliphatic rings. The summed E-state index contributed by atoms with van der Waals surface area (Å²) >= 11 is 0. The number of ether oxygens (including phenoxy) is 3. The third kappa shape index (κ3) is 6.20. The lowest BCUT2D eigenvalue weighted by Gasteiger charge is -2.19. The van der Waals surface area contributed by atoms with Crippen LogP contribution >= 0.6 is 0 Å². The number of nitrogens with zero attached hydrogens (tertiary/aromatic N) is 5. The quantitative estimate of drug-likeness (QED) is 0.186. The van der Waals surface area contributed by atoms with E-state index >= 15 is 0 Å². The van der Waals surface area contributed by atoms with Gasteiger partial charge in [-0.3, -0.25) is 29.6 Å². The summed E-state index contributed by atoms with van der Waals surface area (Å²) in [4.78, 5) is 57.1. The summed E-state index contributed by atoms with van der Waals surface area (Å²) < 4.78 is 15.9. The highest BCUT2D eigenvalue weighted by molar-refractivity contribution is 5.92. The molecule has 13 nitrogen and oxygen atoms in total. The SMILES string of the molecule is CC(=O)N(C)CC(=O)OCc1cccnc1N(C)C(=O)OCOc1ccc([N+](=O)[O-])c2cccnc12. The summed E-state index contributed by atoms with van der Waals surface area (Å²) in [6.45, 7) is 0.438. The number of benzene rings is 1. The molecule has 2 amide bonds. The van der Waals surface area contributed by atoms with Crippen LogP contribution in [0.1, 0.15) is 12.5 Å². The predicted octanol–water partition coefficient (Wildman–Crippen LogP) is 2.67. The molecule has 0 saturated heterocycles. The first kappa shape index (κ1) is 25.8. The van der Waals surface area contributed by atoms with Gasteiger partial charge < -0.3 is 19.1 Å². The van der Waals surface area contributed by atoms with Crippen molar-refractivity contribution >= 4 is 40.4 Å². The second kappa shape index (κ2) is 11.6. The van der Waals surface area contributed by atoms with Crippen LogP contribution in [-0.2, 0) is 25.7 Å². The Bertz CT molecular complexity index is 1300. The van der Waals surface area contributed by atoms with Gasteiger partial charge in [0, 0.05) is 45.0 Å². The number of rotatable bonds is 9. The average Bonchev–Trinajstić information content (AvgIpc) is 2.86. The van der Waals surface area contributed by atoms with Crippen molar-refractivity contribution in [2.45, 2.75) is 13.5 Å². The summed E-state index contributed by atoms with van der Waals surface area (Å²) in [7, 11) is 2.89. The van der Waals surface area contributed by atoms with Gasteiger partial charge in [0.1, 0.15) is 30.2 Å². The van der Waals surface area contributed by atoms with Crippen molar-refractivity contribution in [2.75, 3.05) is 32.3 Å². The summed E-state index contributed by atoms with van der Waals surface area (Å²) in [5.74, 6) is -0.508. The van der Waals surface area contributed by atoms with Gasteiger partial charge in [0.2, 0.25) is 12.7 Å². The molecule has 0 aliphatic heterocycles. The number of non-ortho nitro benzene ring substituents is 1. The Balaban J connectivity index is 1.62. The van der Waals surface area contributed by atoms with Crippen molar-refractivity contribution in [1.82, 2.24) is 14.9 Å². The number of nitro benzene ring substituents is 1. The molecule has 0 aliphatic carbocycles. The maximum absolute atomic E-state index is 12.6. The van der Waals surface area contributed by atoms with E-state index in [0.717, 1.165) is 4.90 Å². The number of amides is 2. The standard InChI is InChI=1S/C23H23N5O8/c1-15(29)26(2)12-20(30)34-13-16-6-4-11-25-22(16)27(3)23(31)36-14-35-19-9-8-18(28(32)33)17-7-5-10-24-21(17)19/h4-11H,12-14H2,1-3H3. The molecule has 0 atom stereocenters. The molecule has 188 valence electrons. The van der Waals surface area contributed by atoms with Crippen LogP contribution < -0.4 is 9.64 Å². The number of hydrogen-bond acceptors (Lipinski definition) is 10. The first-order chi connectivity index (χ1) is 17.2. The highest BCUT2D eigenvalue weighted by atomic mass is 16.7. The molecule has 1 aromatic carbocycles. The van der Waals surface area contributed by atoms with E-state index in [9.17, 15) is 24.5 Å². The first-order valence-electron chi connectivity index (χ1n) is 10.6. The predicted molar refractivity (Wildman–Crippen MR) is 126 cm³/mol. The normalized spacial score (nSPS) is 10.4. The van der Waals surface area contributed by atoms with Gasteiger partial charge in [-0.2, -0.15) is 0 Å². The highest BCUT2D eigenvalue weighted by Crippen LogP contribution is 2.31. The van der Waals surface area contributed by atoms with Crippen molar-refractivity contribution in [3.05, 3.63) is 64.5 Å². The van der Waals surface area contributed by atoms with Gasteiger partial charge in [0.05, 0.1) is 10.3 Å². The third-order valence-electron chi connectivity index (χ3n) is 5.05. The molecule has 3 rings (SSSR count). The second-order valence-corrected chi connectivity index (χ2v) is 7.49. The van der Waals surface area contributed by atoms with Gasteiger partial charge in [-0.15, -0.1) is 0 Å². The summed E-state index contributed by atoms with van der Waals surface area (Å²) in [5, 5.41) is 11.5. The fourth-order valence-electron chi connectivity index (χ4n) is 3.09. The molecule has 0 N–H and O–H groups in total. The topological polar surface area (TPSA) is 154 Å². The Kier molecular flexibility index (Phi) is 8.28. The molecule has 0 radical (unpaired) electrons. The number of pyridine rings is 2. The molecule has 0 saturated carbocycles. The van der Waals surface area contributed by atoms with Crippen molar-refractivity contribution in [1.29, 1.82) is 0 Å². The number of hydrogen-bond donors (Lipinski definition) is 0. The van der Waals surface area contributed by atoms with Crippen LogP contribution in [-0.4, -0.2) is 65.2 Å². The number of fused-ring (bicyclic) bond motifs is 1. The minimum absolute atomic E-state index is 0.126. The van der Waals surface area contributed by atoms with E-state index in [0.29, 0.717) is 5.56 Å². The number of carbonyl (C=O) groups excluding carboxylic acids is 3. The van der Waals surface area contributed by atoms with Crippen molar-refractivity contribution in [3.63, 3.8) is 0 Å². The molecule has 3 aromatic rings. The van der Waals surface area contributed by atoms with Crippen LogP contribution in [0.3, 0.4) is 0 Å².